The Hall–Kier alpha value is -2.02. The number of amides is 2. The summed E-state index contributed by atoms with van der Waals surface area (Å²) >= 11 is 0. The molecule has 2 aromatic carbocycles. The van der Waals surface area contributed by atoms with Crippen molar-refractivity contribution in [1.29, 1.82) is 0 Å². The molecule has 0 bridgehead atoms. The maximum absolute atomic E-state index is 14.9. The molecule has 0 N–H and O–H groups in total. The van der Waals surface area contributed by atoms with E-state index in [2.05, 4.69) is 111 Å². The first-order valence-electron chi connectivity index (χ1n) is 18.5. The lowest BCUT2D eigenvalue weighted by Crippen LogP contribution is -2.53. The fourth-order valence-corrected chi connectivity index (χ4v) is 7.64. The first-order chi connectivity index (χ1) is 22.9. The summed E-state index contributed by atoms with van der Waals surface area (Å²) in [6.07, 6.45) is 4.36. The lowest BCUT2D eigenvalue weighted by Gasteiger charge is -2.38. The number of carbonyl (C=O) groups is 1. The lowest BCUT2D eigenvalue weighted by molar-refractivity contribution is -0.187. The Morgan fingerprint density at radius 1 is 0.604 bits per heavy atom. The van der Waals surface area contributed by atoms with Crippen LogP contribution in [0.25, 0.3) is 0 Å². The maximum atomic E-state index is 14.9. The van der Waals surface area contributed by atoms with E-state index in [-0.39, 0.29) is 31.7 Å². The van der Waals surface area contributed by atoms with Crippen LogP contribution < -0.4 is 0 Å². The van der Waals surface area contributed by atoms with Crippen LogP contribution in [0.1, 0.15) is 50.7 Å². The molecule has 270 valence electrons. The van der Waals surface area contributed by atoms with Crippen LogP contribution in [0, 0.1) is 0 Å². The monoisotopic (exact) mass is 698 g/mol. The first-order valence-corrected chi connectivity index (χ1v) is 25.9. The van der Waals surface area contributed by atoms with E-state index in [1.165, 1.54) is 11.1 Å². The molecule has 2 amide bonds. The predicted molar refractivity (Wildman–Crippen MR) is 204 cm³/mol. The third-order valence-electron chi connectivity index (χ3n) is 9.14. The fraction of sp³-hybridized carbons (Fsp3) is 0.667. The molecule has 3 rings (SSSR count). The van der Waals surface area contributed by atoms with Gasteiger partial charge in [-0.05, 0) is 48.9 Å². The van der Waals surface area contributed by atoms with Gasteiger partial charge in [0.25, 0.3) is 0 Å². The summed E-state index contributed by atoms with van der Waals surface area (Å²) in [6.45, 7) is 21.6. The molecule has 1 aliphatic rings. The van der Waals surface area contributed by atoms with E-state index in [0.717, 1.165) is 37.8 Å². The second-order valence-electron chi connectivity index (χ2n) is 15.8. The molecule has 0 radical (unpaired) electrons. The van der Waals surface area contributed by atoms with Gasteiger partial charge in [-0.15, -0.1) is 0 Å². The van der Waals surface area contributed by atoms with Crippen LogP contribution in [-0.2, 0) is 31.8 Å². The molecule has 4 atom stereocenters. The molecule has 1 heterocycles. The van der Waals surface area contributed by atoms with Crippen molar-refractivity contribution in [2.45, 2.75) is 128 Å². The Kier molecular flexibility index (Phi) is 17.4. The molecular weight excluding hydrogens is 633 g/mol. The molecule has 0 spiro atoms. The molecule has 48 heavy (non-hydrogen) atoms. The van der Waals surface area contributed by atoms with E-state index < -0.39 is 28.4 Å². The Bertz CT molecular complexity index is 1070. The highest BCUT2D eigenvalue weighted by Crippen LogP contribution is 2.32. The summed E-state index contributed by atoms with van der Waals surface area (Å²) in [5.41, 5.74) is 2.36. The predicted octanol–water partition coefficient (Wildman–Crippen LogP) is 8.94. The minimum Gasteiger partial charge on any atom is -0.356 e. The summed E-state index contributed by atoms with van der Waals surface area (Å²) in [4.78, 5) is 19.1. The van der Waals surface area contributed by atoms with E-state index in [1.54, 1.807) is 0 Å². The highest BCUT2D eigenvalue weighted by molar-refractivity contribution is 6.76. The number of hydrogen-bond acceptors (Lipinski definition) is 5. The molecule has 9 heteroatoms. The number of ether oxygens (including phenoxy) is 4. The van der Waals surface area contributed by atoms with Crippen molar-refractivity contribution in [3.63, 3.8) is 0 Å². The Balaban J connectivity index is 2.09. The largest absolute Gasteiger partial charge is 0.356 e. The number of benzene rings is 2. The van der Waals surface area contributed by atoms with Gasteiger partial charge in [-0.3, -0.25) is 0 Å². The Morgan fingerprint density at radius 2 is 0.979 bits per heavy atom. The highest BCUT2D eigenvalue weighted by Gasteiger charge is 2.48. The molecule has 0 aromatic heterocycles. The van der Waals surface area contributed by atoms with Gasteiger partial charge in [-0.25, -0.2) is 4.79 Å². The van der Waals surface area contributed by atoms with Crippen molar-refractivity contribution in [1.82, 2.24) is 9.80 Å². The lowest BCUT2D eigenvalue weighted by atomic mass is 9.90. The average Bonchev–Trinajstić information content (AvgIpc) is 3.11. The number of carbonyl (C=O) groups excluding carboxylic acids is 1. The standard InChI is InChI=1S/C39H66N2O5Si2/c1-9-11-23-40-35(29-33-19-15-13-16-20-33)37(45-31-43-25-27-47(3,4)5)38(46-32-44-26-28-48(6,7)8)36(30-34-21-17-14-18-22-34)41(39(40)42)24-12-10-2/h13-22,35-38H,9-12,23-32H2,1-8H3/t35-,36-,37+,38+/m1/s1. The van der Waals surface area contributed by atoms with Gasteiger partial charge >= 0.3 is 6.03 Å². The van der Waals surface area contributed by atoms with Gasteiger partial charge in [-0.2, -0.15) is 0 Å². The van der Waals surface area contributed by atoms with Crippen molar-refractivity contribution in [3.8, 4) is 0 Å². The number of urea groups is 1. The summed E-state index contributed by atoms with van der Waals surface area (Å²) in [5, 5.41) is 0. The van der Waals surface area contributed by atoms with Crippen LogP contribution in [-0.4, -0.2) is 96.2 Å². The van der Waals surface area contributed by atoms with Crippen molar-refractivity contribution in [3.05, 3.63) is 71.8 Å². The van der Waals surface area contributed by atoms with Gasteiger partial charge in [-0.1, -0.05) is 127 Å². The zero-order valence-corrected chi connectivity index (χ0v) is 33.4. The van der Waals surface area contributed by atoms with E-state index in [9.17, 15) is 4.79 Å². The summed E-state index contributed by atoms with van der Waals surface area (Å²) in [7, 11) is -2.52. The van der Waals surface area contributed by atoms with Crippen molar-refractivity contribution >= 4 is 22.2 Å². The second-order valence-corrected chi connectivity index (χ2v) is 27.1. The molecule has 7 nitrogen and oxygen atoms in total. The van der Waals surface area contributed by atoms with Crippen LogP contribution >= 0.6 is 0 Å². The van der Waals surface area contributed by atoms with Gasteiger partial charge < -0.3 is 28.7 Å². The van der Waals surface area contributed by atoms with Gasteiger partial charge in [0.2, 0.25) is 0 Å². The third-order valence-corrected chi connectivity index (χ3v) is 12.5. The molecule has 1 aliphatic heterocycles. The zero-order valence-electron chi connectivity index (χ0n) is 31.4. The minimum absolute atomic E-state index is 0.0813. The number of nitrogens with zero attached hydrogens (tertiary/aromatic N) is 2. The van der Waals surface area contributed by atoms with Gasteiger partial charge in [0.05, 0.1) is 12.1 Å². The van der Waals surface area contributed by atoms with Crippen LogP contribution in [0.3, 0.4) is 0 Å². The van der Waals surface area contributed by atoms with Crippen molar-refractivity contribution in [2.24, 2.45) is 0 Å². The molecule has 0 aliphatic carbocycles. The molecule has 1 saturated heterocycles. The molecule has 0 saturated carbocycles. The maximum Gasteiger partial charge on any atom is 0.320 e. The topological polar surface area (TPSA) is 60.5 Å². The van der Waals surface area contributed by atoms with Crippen LogP contribution in [0.5, 0.6) is 0 Å². The van der Waals surface area contributed by atoms with E-state index in [4.69, 9.17) is 18.9 Å². The van der Waals surface area contributed by atoms with Gasteiger partial charge in [0, 0.05) is 42.5 Å². The van der Waals surface area contributed by atoms with Crippen LogP contribution in [0.15, 0.2) is 60.7 Å². The quantitative estimate of drug-likeness (QED) is 0.0698. The minimum atomic E-state index is -1.26. The fourth-order valence-electron chi connectivity index (χ4n) is 6.12. The summed E-state index contributed by atoms with van der Waals surface area (Å²) in [6, 6.07) is 22.8. The SMILES string of the molecule is CCCCN1C(=O)N(CCCC)[C@H](Cc2ccccc2)[C@H](OCOCC[Si](C)(C)C)[C@@H](OCOCC[Si](C)(C)C)[C@H]1Cc1ccccc1. The summed E-state index contributed by atoms with van der Waals surface area (Å²) in [5.74, 6) is 0. The van der Waals surface area contributed by atoms with Crippen molar-refractivity contribution < 1.29 is 23.7 Å². The Labute approximate surface area is 294 Å². The molecule has 2 aromatic rings. The zero-order chi connectivity index (χ0) is 35.0. The van der Waals surface area contributed by atoms with Crippen LogP contribution in [0.2, 0.25) is 51.4 Å². The Morgan fingerprint density at radius 3 is 1.31 bits per heavy atom. The molecule has 0 unspecified atom stereocenters. The van der Waals surface area contributed by atoms with Crippen LogP contribution in [0.4, 0.5) is 4.79 Å². The summed E-state index contributed by atoms with van der Waals surface area (Å²) < 4.78 is 26.1. The van der Waals surface area contributed by atoms with Gasteiger partial charge in [0.1, 0.15) is 25.8 Å². The molecule has 1 fully saturated rings. The van der Waals surface area contributed by atoms with Gasteiger partial charge in [0.15, 0.2) is 0 Å². The molecular formula is C39H66N2O5Si2. The van der Waals surface area contributed by atoms with E-state index >= 15 is 0 Å². The smallest absolute Gasteiger partial charge is 0.320 e. The number of unbranched alkanes of at least 4 members (excludes halogenated alkanes) is 2. The van der Waals surface area contributed by atoms with E-state index in [0.29, 0.717) is 39.1 Å². The number of hydrogen-bond donors (Lipinski definition) is 0. The first kappa shape index (κ1) is 40.4. The average molecular weight is 699 g/mol. The third kappa shape index (κ3) is 14.1. The van der Waals surface area contributed by atoms with Crippen molar-refractivity contribution in [2.75, 3.05) is 39.9 Å². The highest BCUT2D eigenvalue weighted by atomic mass is 28.3. The normalized spacial score (nSPS) is 20.7. The second kappa shape index (κ2) is 20.6. The van der Waals surface area contributed by atoms with E-state index in [1.807, 2.05) is 12.1 Å². The number of rotatable bonds is 22.